The molecule has 0 N–H and O–H groups in total. The molecule has 0 saturated carbocycles. The quantitative estimate of drug-likeness (QED) is 0.645. The molecule has 6 nitrogen and oxygen atoms in total. The van der Waals surface area contributed by atoms with Crippen molar-refractivity contribution in [2.24, 2.45) is 0 Å². The van der Waals surface area contributed by atoms with E-state index in [0.29, 0.717) is 28.8 Å². The largest absolute Gasteiger partial charge is 0.284 e. The normalized spacial score (nSPS) is 17.4. The van der Waals surface area contributed by atoms with Crippen LogP contribution in [0.2, 0.25) is 0 Å². The number of anilines is 1. The first-order valence-electron chi connectivity index (χ1n) is 9.30. The summed E-state index contributed by atoms with van der Waals surface area (Å²) >= 11 is 0. The summed E-state index contributed by atoms with van der Waals surface area (Å²) in [5.74, 6) is -0.165. The number of piperidine rings is 1. The lowest BCUT2D eigenvalue weighted by Crippen LogP contribution is -2.48. The number of carbonyl (C=O) groups excluding carboxylic acids is 2. The minimum Gasteiger partial charge on any atom is -0.284 e. The van der Waals surface area contributed by atoms with Gasteiger partial charge in [-0.05, 0) is 62.6 Å². The van der Waals surface area contributed by atoms with Gasteiger partial charge in [0.15, 0.2) is 0 Å². The summed E-state index contributed by atoms with van der Waals surface area (Å²) in [6, 6.07) is 11.8. The van der Waals surface area contributed by atoms with Crippen molar-refractivity contribution in [3.05, 3.63) is 69.8 Å². The van der Waals surface area contributed by atoms with Gasteiger partial charge in [0.1, 0.15) is 11.9 Å². The number of aryl methyl sites for hydroxylation is 3. The molecule has 1 saturated heterocycles. The van der Waals surface area contributed by atoms with Gasteiger partial charge in [0, 0.05) is 6.42 Å². The van der Waals surface area contributed by atoms with Crippen LogP contribution >= 0.6 is 0 Å². The molecule has 1 aliphatic heterocycles. The van der Waals surface area contributed by atoms with Crippen molar-refractivity contribution in [1.29, 1.82) is 0 Å². The maximum Gasteiger partial charge on any atom is 0.262 e. The average molecular weight is 375 g/mol. The summed E-state index contributed by atoms with van der Waals surface area (Å²) < 4.78 is 1.44. The predicted octanol–water partition coefficient (Wildman–Crippen LogP) is 3.22. The van der Waals surface area contributed by atoms with Crippen LogP contribution in [0.1, 0.15) is 35.8 Å². The van der Waals surface area contributed by atoms with Crippen LogP contribution in [0.25, 0.3) is 10.9 Å². The molecule has 2 heterocycles. The highest BCUT2D eigenvalue weighted by atomic mass is 16.2. The zero-order valence-electron chi connectivity index (χ0n) is 16.1. The Morgan fingerprint density at radius 3 is 2.46 bits per heavy atom. The van der Waals surface area contributed by atoms with E-state index in [1.165, 1.54) is 9.47 Å². The van der Waals surface area contributed by atoms with Crippen molar-refractivity contribution in [1.82, 2.24) is 9.55 Å². The first-order chi connectivity index (χ1) is 13.4. The third-order valence-electron chi connectivity index (χ3n) is 5.43. The third-order valence-corrected chi connectivity index (χ3v) is 5.43. The molecule has 0 aliphatic carbocycles. The molecule has 142 valence electrons. The van der Waals surface area contributed by atoms with E-state index in [4.69, 9.17) is 0 Å². The maximum absolute atomic E-state index is 13.3. The molecule has 0 radical (unpaired) electrons. The molecule has 2 aromatic carbocycles. The van der Waals surface area contributed by atoms with Crippen LogP contribution in [0.4, 0.5) is 5.69 Å². The SMILES string of the molecule is Cc1ccc(N2C(=O)CCC(n3c(C)nc4ccccc4c3=O)C2=O)cc1C. The molecule has 0 spiro atoms. The van der Waals surface area contributed by atoms with Gasteiger partial charge < -0.3 is 0 Å². The van der Waals surface area contributed by atoms with Crippen LogP contribution in [0.3, 0.4) is 0 Å². The molecule has 1 aromatic heterocycles. The monoisotopic (exact) mass is 375 g/mol. The molecule has 28 heavy (non-hydrogen) atoms. The van der Waals surface area contributed by atoms with E-state index in [2.05, 4.69) is 4.98 Å². The summed E-state index contributed by atoms with van der Waals surface area (Å²) in [7, 11) is 0. The van der Waals surface area contributed by atoms with Crippen LogP contribution < -0.4 is 10.5 Å². The zero-order chi connectivity index (χ0) is 20.0. The lowest BCUT2D eigenvalue weighted by atomic mass is 10.0. The summed E-state index contributed by atoms with van der Waals surface area (Å²) in [6.45, 7) is 5.64. The number of hydrogen-bond acceptors (Lipinski definition) is 4. The van der Waals surface area contributed by atoms with E-state index >= 15 is 0 Å². The second-order valence-electron chi connectivity index (χ2n) is 7.24. The highest BCUT2D eigenvalue weighted by Crippen LogP contribution is 2.30. The first-order valence-corrected chi connectivity index (χ1v) is 9.30. The second-order valence-corrected chi connectivity index (χ2v) is 7.24. The lowest BCUT2D eigenvalue weighted by Gasteiger charge is -2.32. The Labute approximate surface area is 162 Å². The predicted molar refractivity (Wildman–Crippen MR) is 107 cm³/mol. The van der Waals surface area contributed by atoms with Gasteiger partial charge in [-0.2, -0.15) is 0 Å². The Bertz CT molecular complexity index is 1180. The van der Waals surface area contributed by atoms with Gasteiger partial charge in [-0.3, -0.25) is 19.0 Å². The van der Waals surface area contributed by atoms with E-state index in [0.717, 1.165) is 11.1 Å². The summed E-state index contributed by atoms with van der Waals surface area (Å²) in [5.41, 5.74) is 2.98. The molecule has 6 heteroatoms. The van der Waals surface area contributed by atoms with Gasteiger partial charge in [0.05, 0.1) is 16.6 Å². The number of rotatable bonds is 2. The maximum atomic E-state index is 13.3. The standard InChI is InChI=1S/C22H21N3O3/c1-13-8-9-16(12-14(13)2)25-20(26)11-10-19(22(25)28)24-15(3)23-18-7-5-4-6-17(18)21(24)27/h4-9,12,19H,10-11H2,1-3H3. The smallest absolute Gasteiger partial charge is 0.262 e. The summed E-state index contributed by atoms with van der Waals surface area (Å²) in [4.78, 5) is 44.6. The Morgan fingerprint density at radius 2 is 1.71 bits per heavy atom. The van der Waals surface area contributed by atoms with Crippen molar-refractivity contribution in [3.8, 4) is 0 Å². The topological polar surface area (TPSA) is 72.3 Å². The molecule has 1 fully saturated rings. The first kappa shape index (κ1) is 18.1. The number of hydrogen-bond donors (Lipinski definition) is 0. The van der Waals surface area contributed by atoms with E-state index in [1.54, 1.807) is 31.2 Å². The average Bonchev–Trinajstić information content (AvgIpc) is 2.66. The Kier molecular flexibility index (Phi) is 4.34. The third kappa shape index (κ3) is 2.81. The van der Waals surface area contributed by atoms with Gasteiger partial charge in [0.25, 0.3) is 11.5 Å². The highest BCUT2D eigenvalue weighted by Gasteiger charge is 2.37. The number of aromatic nitrogens is 2. The van der Waals surface area contributed by atoms with Gasteiger partial charge in [-0.25, -0.2) is 9.88 Å². The summed E-state index contributed by atoms with van der Waals surface area (Å²) in [6.07, 6.45) is 0.488. The number of carbonyl (C=O) groups is 2. The van der Waals surface area contributed by atoms with Crippen LogP contribution in [-0.2, 0) is 9.59 Å². The Balaban J connectivity index is 1.82. The number of nitrogens with zero attached hydrogens (tertiary/aromatic N) is 3. The van der Waals surface area contributed by atoms with Gasteiger partial charge >= 0.3 is 0 Å². The van der Waals surface area contributed by atoms with E-state index in [-0.39, 0.29) is 23.8 Å². The van der Waals surface area contributed by atoms with E-state index in [9.17, 15) is 14.4 Å². The van der Waals surface area contributed by atoms with Crippen LogP contribution in [0, 0.1) is 20.8 Å². The minimum absolute atomic E-state index is 0.196. The van der Waals surface area contributed by atoms with Crippen LogP contribution in [-0.4, -0.2) is 21.4 Å². The molecule has 3 aromatic rings. The number of para-hydroxylation sites is 1. The van der Waals surface area contributed by atoms with Gasteiger partial charge in [-0.15, -0.1) is 0 Å². The Hall–Kier alpha value is -3.28. The fraction of sp³-hybridized carbons (Fsp3) is 0.273. The van der Waals surface area contributed by atoms with Crippen molar-refractivity contribution in [2.45, 2.75) is 39.7 Å². The number of fused-ring (bicyclic) bond motifs is 1. The molecular formula is C22H21N3O3. The Morgan fingerprint density at radius 1 is 0.964 bits per heavy atom. The molecule has 4 rings (SSSR count). The fourth-order valence-corrected chi connectivity index (χ4v) is 3.77. The number of amides is 2. The van der Waals surface area contributed by atoms with E-state index in [1.807, 2.05) is 32.0 Å². The molecule has 2 amide bonds. The summed E-state index contributed by atoms with van der Waals surface area (Å²) in [5, 5.41) is 0.468. The van der Waals surface area contributed by atoms with Crippen molar-refractivity contribution >= 4 is 28.4 Å². The van der Waals surface area contributed by atoms with E-state index < -0.39 is 6.04 Å². The van der Waals surface area contributed by atoms with Gasteiger partial charge in [0.2, 0.25) is 5.91 Å². The number of benzene rings is 2. The van der Waals surface area contributed by atoms with Gasteiger partial charge in [-0.1, -0.05) is 18.2 Å². The van der Waals surface area contributed by atoms with Crippen LogP contribution in [0.5, 0.6) is 0 Å². The highest BCUT2D eigenvalue weighted by molar-refractivity contribution is 6.17. The number of imide groups is 1. The lowest BCUT2D eigenvalue weighted by molar-refractivity contribution is -0.131. The van der Waals surface area contributed by atoms with Crippen molar-refractivity contribution in [2.75, 3.05) is 4.90 Å². The van der Waals surface area contributed by atoms with Crippen LogP contribution in [0.15, 0.2) is 47.3 Å². The fourth-order valence-electron chi connectivity index (χ4n) is 3.77. The second kappa shape index (κ2) is 6.71. The van der Waals surface area contributed by atoms with Crippen molar-refractivity contribution in [3.63, 3.8) is 0 Å². The van der Waals surface area contributed by atoms with Crippen molar-refractivity contribution < 1.29 is 9.59 Å². The molecule has 1 aliphatic rings. The minimum atomic E-state index is -0.746. The molecular weight excluding hydrogens is 354 g/mol. The zero-order valence-corrected chi connectivity index (χ0v) is 16.1. The molecule has 0 bridgehead atoms. The molecule has 1 atom stereocenters. The molecule has 1 unspecified atom stereocenters.